The molecular formula is C18H23N5O. The average molecular weight is 325 g/mol. The lowest BCUT2D eigenvalue weighted by molar-refractivity contribution is 0.0994. The summed E-state index contributed by atoms with van der Waals surface area (Å²) in [6.45, 7) is 6.02. The Morgan fingerprint density at radius 3 is 2.58 bits per heavy atom. The zero-order chi connectivity index (χ0) is 16.9. The van der Waals surface area contributed by atoms with Crippen LogP contribution in [-0.4, -0.2) is 46.7 Å². The molecule has 1 fully saturated rings. The molecule has 1 unspecified atom stereocenters. The van der Waals surface area contributed by atoms with E-state index in [1.807, 2.05) is 12.1 Å². The number of amides is 1. The van der Waals surface area contributed by atoms with Gasteiger partial charge in [0.1, 0.15) is 0 Å². The van der Waals surface area contributed by atoms with Crippen LogP contribution < -0.4 is 10.6 Å². The van der Waals surface area contributed by atoms with Crippen LogP contribution in [0.5, 0.6) is 0 Å². The van der Waals surface area contributed by atoms with E-state index in [2.05, 4.69) is 51.2 Å². The van der Waals surface area contributed by atoms with Crippen LogP contribution in [0.25, 0.3) is 0 Å². The fourth-order valence-electron chi connectivity index (χ4n) is 3.01. The van der Waals surface area contributed by atoms with Crippen molar-refractivity contribution in [2.45, 2.75) is 25.9 Å². The molecule has 1 atom stereocenters. The van der Waals surface area contributed by atoms with E-state index in [0.29, 0.717) is 6.04 Å². The van der Waals surface area contributed by atoms with E-state index in [9.17, 15) is 4.79 Å². The molecule has 1 aliphatic heterocycles. The standard InChI is InChI=1S/C18H23N5O/c1-14-9-10-22(17-8-7-16(18(19)24)20-21-17)11-12-23(14)13-15-5-3-2-4-6-15/h2-8,14H,9-13H2,1H3,(H2,19,24). The van der Waals surface area contributed by atoms with Crippen LogP contribution in [0.1, 0.15) is 29.4 Å². The molecule has 0 spiro atoms. The summed E-state index contributed by atoms with van der Waals surface area (Å²) in [5, 5.41) is 8.07. The minimum Gasteiger partial charge on any atom is -0.364 e. The normalized spacial score (nSPS) is 19.0. The molecule has 1 aromatic heterocycles. The van der Waals surface area contributed by atoms with Gasteiger partial charge in [0.05, 0.1) is 0 Å². The van der Waals surface area contributed by atoms with Crippen molar-refractivity contribution in [1.29, 1.82) is 0 Å². The number of nitrogens with two attached hydrogens (primary N) is 1. The molecule has 1 saturated heterocycles. The van der Waals surface area contributed by atoms with Gasteiger partial charge in [-0.2, -0.15) is 0 Å². The van der Waals surface area contributed by atoms with E-state index in [1.54, 1.807) is 6.07 Å². The Hall–Kier alpha value is -2.47. The minimum absolute atomic E-state index is 0.202. The van der Waals surface area contributed by atoms with E-state index >= 15 is 0 Å². The molecule has 0 aliphatic carbocycles. The quantitative estimate of drug-likeness (QED) is 0.925. The van der Waals surface area contributed by atoms with Crippen molar-refractivity contribution >= 4 is 11.7 Å². The third kappa shape index (κ3) is 3.89. The predicted molar refractivity (Wildman–Crippen MR) is 93.7 cm³/mol. The van der Waals surface area contributed by atoms with E-state index in [0.717, 1.165) is 38.4 Å². The summed E-state index contributed by atoms with van der Waals surface area (Å²) in [5.41, 5.74) is 6.75. The molecule has 2 N–H and O–H groups in total. The number of aromatic nitrogens is 2. The van der Waals surface area contributed by atoms with E-state index in [4.69, 9.17) is 5.73 Å². The molecule has 6 heteroatoms. The van der Waals surface area contributed by atoms with Gasteiger partial charge in [-0.25, -0.2) is 0 Å². The van der Waals surface area contributed by atoms with Gasteiger partial charge < -0.3 is 10.6 Å². The smallest absolute Gasteiger partial charge is 0.269 e. The van der Waals surface area contributed by atoms with Crippen molar-refractivity contribution in [3.63, 3.8) is 0 Å². The number of hydrogen-bond donors (Lipinski definition) is 1. The molecule has 0 bridgehead atoms. The molecule has 126 valence electrons. The molecule has 2 heterocycles. The Labute approximate surface area is 142 Å². The van der Waals surface area contributed by atoms with Crippen LogP contribution in [0, 0.1) is 0 Å². The zero-order valence-electron chi connectivity index (χ0n) is 13.9. The highest BCUT2D eigenvalue weighted by Gasteiger charge is 2.22. The second kappa shape index (κ2) is 7.40. The first-order valence-electron chi connectivity index (χ1n) is 8.30. The maximum absolute atomic E-state index is 11.1. The van der Waals surface area contributed by atoms with Gasteiger partial charge in [0.25, 0.3) is 5.91 Å². The van der Waals surface area contributed by atoms with Crippen LogP contribution in [0.15, 0.2) is 42.5 Å². The second-order valence-electron chi connectivity index (χ2n) is 6.22. The Morgan fingerprint density at radius 1 is 1.12 bits per heavy atom. The van der Waals surface area contributed by atoms with Gasteiger partial charge >= 0.3 is 0 Å². The second-order valence-corrected chi connectivity index (χ2v) is 6.22. The first-order chi connectivity index (χ1) is 11.6. The molecule has 1 aliphatic rings. The maximum Gasteiger partial charge on any atom is 0.269 e. The van der Waals surface area contributed by atoms with Gasteiger partial charge in [-0.1, -0.05) is 30.3 Å². The van der Waals surface area contributed by atoms with Crippen LogP contribution in [0.3, 0.4) is 0 Å². The number of benzene rings is 1. The number of anilines is 1. The Bertz CT molecular complexity index is 674. The van der Waals surface area contributed by atoms with E-state index in [-0.39, 0.29) is 5.69 Å². The molecule has 1 amide bonds. The van der Waals surface area contributed by atoms with E-state index in [1.165, 1.54) is 5.56 Å². The SMILES string of the molecule is CC1CCN(c2ccc(C(N)=O)nn2)CCN1Cc1ccccc1. The largest absolute Gasteiger partial charge is 0.364 e. The van der Waals surface area contributed by atoms with Gasteiger partial charge in [0.15, 0.2) is 11.5 Å². The Morgan fingerprint density at radius 2 is 1.92 bits per heavy atom. The van der Waals surface area contributed by atoms with Crippen LogP contribution in [0.4, 0.5) is 5.82 Å². The molecular weight excluding hydrogens is 302 g/mol. The number of primary amides is 1. The van der Waals surface area contributed by atoms with Crippen LogP contribution in [0.2, 0.25) is 0 Å². The number of carbonyl (C=O) groups excluding carboxylic acids is 1. The third-order valence-electron chi connectivity index (χ3n) is 4.55. The molecule has 3 rings (SSSR count). The van der Waals surface area contributed by atoms with Gasteiger partial charge in [0, 0.05) is 32.2 Å². The molecule has 0 radical (unpaired) electrons. The third-order valence-corrected chi connectivity index (χ3v) is 4.55. The van der Waals surface area contributed by atoms with Crippen molar-refractivity contribution in [3.05, 3.63) is 53.7 Å². The lowest BCUT2D eigenvalue weighted by Gasteiger charge is -2.26. The molecule has 6 nitrogen and oxygen atoms in total. The highest BCUT2D eigenvalue weighted by Crippen LogP contribution is 2.18. The zero-order valence-corrected chi connectivity index (χ0v) is 13.9. The lowest BCUT2D eigenvalue weighted by Crippen LogP contribution is -2.34. The maximum atomic E-state index is 11.1. The average Bonchev–Trinajstić information content (AvgIpc) is 2.78. The summed E-state index contributed by atoms with van der Waals surface area (Å²) in [7, 11) is 0. The van der Waals surface area contributed by atoms with Crippen molar-refractivity contribution in [2.75, 3.05) is 24.5 Å². The first-order valence-corrected chi connectivity index (χ1v) is 8.30. The number of rotatable bonds is 4. The van der Waals surface area contributed by atoms with Gasteiger partial charge in [0.2, 0.25) is 0 Å². The first kappa shape index (κ1) is 16.4. The van der Waals surface area contributed by atoms with Gasteiger partial charge in [-0.05, 0) is 31.0 Å². The Balaban J connectivity index is 1.66. The monoisotopic (exact) mass is 325 g/mol. The summed E-state index contributed by atoms with van der Waals surface area (Å²) in [6.07, 6.45) is 1.06. The lowest BCUT2D eigenvalue weighted by atomic mass is 10.1. The van der Waals surface area contributed by atoms with Crippen molar-refractivity contribution in [2.24, 2.45) is 5.73 Å². The minimum atomic E-state index is -0.549. The number of carbonyl (C=O) groups is 1. The topological polar surface area (TPSA) is 75.3 Å². The molecule has 0 saturated carbocycles. The molecule has 1 aromatic carbocycles. The summed E-state index contributed by atoms with van der Waals surface area (Å²) in [5.74, 6) is 0.251. The molecule has 2 aromatic rings. The van der Waals surface area contributed by atoms with Crippen molar-refractivity contribution in [1.82, 2.24) is 15.1 Å². The summed E-state index contributed by atoms with van der Waals surface area (Å²) >= 11 is 0. The summed E-state index contributed by atoms with van der Waals surface area (Å²) in [6, 6.07) is 14.5. The number of hydrogen-bond acceptors (Lipinski definition) is 5. The van der Waals surface area contributed by atoms with Crippen molar-refractivity contribution in [3.8, 4) is 0 Å². The molecule has 24 heavy (non-hydrogen) atoms. The summed E-state index contributed by atoms with van der Waals surface area (Å²) in [4.78, 5) is 15.8. The number of nitrogens with zero attached hydrogens (tertiary/aromatic N) is 4. The van der Waals surface area contributed by atoms with Gasteiger partial charge in [-0.3, -0.25) is 9.69 Å². The fourth-order valence-corrected chi connectivity index (χ4v) is 3.01. The van der Waals surface area contributed by atoms with Gasteiger partial charge in [-0.15, -0.1) is 10.2 Å². The highest BCUT2D eigenvalue weighted by molar-refractivity contribution is 5.90. The Kier molecular flexibility index (Phi) is 5.05. The van der Waals surface area contributed by atoms with Crippen LogP contribution >= 0.6 is 0 Å². The summed E-state index contributed by atoms with van der Waals surface area (Å²) < 4.78 is 0. The predicted octanol–water partition coefficient (Wildman–Crippen LogP) is 1.68. The highest BCUT2D eigenvalue weighted by atomic mass is 16.1. The van der Waals surface area contributed by atoms with E-state index < -0.39 is 5.91 Å². The van der Waals surface area contributed by atoms with Crippen LogP contribution in [-0.2, 0) is 6.54 Å². The fraction of sp³-hybridized carbons (Fsp3) is 0.389. The van der Waals surface area contributed by atoms with Crippen molar-refractivity contribution < 1.29 is 4.79 Å².